The van der Waals surface area contributed by atoms with Crippen molar-refractivity contribution in [3.63, 3.8) is 0 Å². The molecule has 0 fully saturated rings. The summed E-state index contributed by atoms with van der Waals surface area (Å²) in [6.07, 6.45) is 1.68. The van der Waals surface area contributed by atoms with Crippen molar-refractivity contribution in [2.45, 2.75) is 13.5 Å². The Morgan fingerprint density at radius 1 is 1.33 bits per heavy atom. The highest BCUT2D eigenvalue weighted by atomic mass is 16.5. The minimum atomic E-state index is 0.430. The van der Waals surface area contributed by atoms with Crippen molar-refractivity contribution in [2.24, 2.45) is 12.8 Å². The Morgan fingerprint density at radius 3 is 2.94 bits per heavy atom. The number of nitrogens with zero attached hydrogens (tertiary/aromatic N) is 2. The SMILES string of the molecule is Cc1ccc2cc(-c3oncc3CN)n(C)c2c1. The van der Waals surface area contributed by atoms with Crippen molar-refractivity contribution in [1.82, 2.24) is 9.72 Å². The molecule has 0 aliphatic rings. The van der Waals surface area contributed by atoms with Gasteiger partial charge in [0.05, 0.1) is 11.9 Å². The maximum absolute atomic E-state index is 5.69. The van der Waals surface area contributed by atoms with E-state index < -0.39 is 0 Å². The third kappa shape index (κ3) is 1.54. The molecule has 2 N–H and O–H groups in total. The fourth-order valence-corrected chi connectivity index (χ4v) is 2.27. The Morgan fingerprint density at radius 2 is 2.17 bits per heavy atom. The monoisotopic (exact) mass is 241 g/mol. The van der Waals surface area contributed by atoms with Gasteiger partial charge in [0.25, 0.3) is 0 Å². The minimum Gasteiger partial charge on any atom is -0.354 e. The van der Waals surface area contributed by atoms with Crippen LogP contribution in [0, 0.1) is 6.92 Å². The molecule has 0 unspecified atom stereocenters. The van der Waals surface area contributed by atoms with Gasteiger partial charge in [0, 0.05) is 30.1 Å². The summed E-state index contributed by atoms with van der Waals surface area (Å²) in [5, 5.41) is 5.02. The van der Waals surface area contributed by atoms with Crippen LogP contribution < -0.4 is 5.73 Å². The van der Waals surface area contributed by atoms with E-state index in [0.717, 1.165) is 17.0 Å². The second-order valence-corrected chi connectivity index (χ2v) is 4.54. The predicted octanol–water partition coefficient (Wildman–Crippen LogP) is 2.60. The second-order valence-electron chi connectivity index (χ2n) is 4.54. The molecular formula is C14H15N3O. The Balaban J connectivity index is 2.27. The van der Waals surface area contributed by atoms with Crippen LogP contribution in [0.25, 0.3) is 22.4 Å². The summed E-state index contributed by atoms with van der Waals surface area (Å²) in [5.74, 6) is 0.758. The minimum absolute atomic E-state index is 0.430. The van der Waals surface area contributed by atoms with Gasteiger partial charge < -0.3 is 14.8 Å². The summed E-state index contributed by atoms with van der Waals surface area (Å²) in [5.41, 5.74) is 10.1. The number of aryl methyl sites for hydroxylation is 2. The second kappa shape index (κ2) is 3.99. The van der Waals surface area contributed by atoms with Gasteiger partial charge in [-0.25, -0.2) is 0 Å². The highest BCUT2D eigenvalue weighted by molar-refractivity contribution is 5.87. The first-order valence-corrected chi connectivity index (χ1v) is 5.91. The lowest BCUT2D eigenvalue weighted by atomic mass is 10.2. The van der Waals surface area contributed by atoms with Crippen molar-refractivity contribution in [2.75, 3.05) is 0 Å². The van der Waals surface area contributed by atoms with Crippen molar-refractivity contribution < 1.29 is 4.52 Å². The molecule has 3 rings (SSSR count). The van der Waals surface area contributed by atoms with E-state index in [9.17, 15) is 0 Å². The van der Waals surface area contributed by atoms with Gasteiger partial charge in [-0.2, -0.15) is 0 Å². The molecule has 0 amide bonds. The summed E-state index contributed by atoms with van der Waals surface area (Å²) >= 11 is 0. The molecular weight excluding hydrogens is 226 g/mol. The van der Waals surface area contributed by atoms with Gasteiger partial charge in [0.1, 0.15) is 0 Å². The molecule has 0 aliphatic carbocycles. The first-order valence-electron chi connectivity index (χ1n) is 5.91. The van der Waals surface area contributed by atoms with Crippen LogP contribution in [0.5, 0.6) is 0 Å². The first kappa shape index (κ1) is 11.0. The summed E-state index contributed by atoms with van der Waals surface area (Å²) in [4.78, 5) is 0. The van der Waals surface area contributed by atoms with Crippen LogP contribution in [0.2, 0.25) is 0 Å². The van der Waals surface area contributed by atoms with Gasteiger partial charge in [-0.15, -0.1) is 0 Å². The number of benzene rings is 1. The normalized spacial score (nSPS) is 11.3. The molecule has 0 aliphatic heterocycles. The molecule has 4 nitrogen and oxygen atoms in total. The Labute approximate surface area is 105 Å². The summed E-state index contributed by atoms with van der Waals surface area (Å²) in [7, 11) is 2.03. The van der Waals surface area contributed by atoms with Gasteiger partial charge in [-0.1, -0.05) is 17.3 Å². The van der Waals surface area contributed by atoms with Crippen LogP contribution in [0.4, 0.5) is 0 Å². The molecule has 18 heavy (non-hydrogen) atoms. The molecule has 0 spiro atoms. The van der Waals surface area contributed by atoms with Gasteiger partial charge in [-0.3, -0.25) is 0 Å². The molecule has 1 aromatic carbocycles. The maximum Gasteiger partial charge on any atom is 0.187 e. The Kier molecular flexibility index (Phi) is 2.45. The topological polar surface area (TPSA) is 57.0 Å². The standard InChI is InChI=1S/C14H15N3O/c1-9-3-4-10-6-13(17(2)12(10)5-9)14-11(7-15)8-16-18-14/h3-6,8H,7,15H2,1-2H3. The van der Waals surface area contributed by atoms with Crippen LogP contribution in [0.3, 0.4) is 0 Å². The molecule has 0 saturated heterocycles. The highest BCUT2D eigenvalue weighted by Gasteiger charge is 2.15. The third-order valence-corrected chi connectivity index (χ3v) is 3.30. The van der Waals surface area contributed by atoms with Crippen molar-refractivity contribution >= 4 is 10.9 Å². The number of hydrogen-bond donors (Lipinski definition) is 1. The molecule has 92 valence electrons. The molecule has 0 atom stereocenters. The molecule has 0 bridgehead atoms. The smallest absolute Gasteiger partial charge is 0.187 e. The molecule has 2 heterocycles. The van der Waals surface area contributed by atoms with E-state index in [1.54, 1.807) is 6.20 Å². The average molecular weight is 241 g/mol. The molecule has 3 aromatic rings. The first-order chi connectivity index (χ1) is 8.70. The Bertz CT molecular complexity index is 709. The predicted molar refractivity (Wildman–Crippen MR) is 71.0 cm³/mol. The fraction of sp³-hybridized carbons (Fsp3) is 0.214. The van der Waals surface area contributed by atoms with Gasteiger partial charge in [0.15, 0.2) is 5.76 Å². The number of nitrogens with two attached hydrogens (primary N) is 1. The highest BCUT2D eigenvalue weighted by Crippen LogP contribution is 2.29. The largest absolute Gasteiger partial charge is 0.354 e. The van der Waals surface area contributed by atoms with Gasteiger partial charge in [0.2, 0.25) is 0 Å². The van der Waals surface area contributed by atoms with E-state index in [2.05, 4.69) is 40.9 Å². The van der Waals surface area contributed by atoms with Crippen molar-refractivity contribution in [3.8, 4) is 11.5 Å². The van der Waals surface area contributed by atoms with E-state index in [-0.39, 0.29) is 0 Å². The summed E-state index contributed by atoms with van der Waals surface area (Å²) in [6.45, 7) is 2.52. The van der Waals surface area contributed by atoms with Crippen LogP contribution in [-0.4, -0.2) is 9.72 Å². The van der Waals surface area contributed by atoms with E-state index in [1.807, 2.05) is 7.05 Å². The zero-order chi connectivity index (χ0) is 12.7. The van der Waals surface area contributed by atoms with Crippen molar-refractivity contribution in [3.05, 3.63) is 41.6 Å². The number of fused-ring (bicyclic) bond motifs is 1. The molecule has 4 heteroatoms. The van der Waals surface area contributed by atoms with Gasteiger partial charge >= 0.3 is 0 Å². The maximum atomic E-state index is 5.69. The summed E-state index contributed by atoms with van der Waals surface area (Å²) in [6, 6.07) is 8.49. The van der Waals surface area contributed by atoms with E-state index in [4.69, 9.17) is 10.3 Å². The summed E-state index contributed by atoms with van der Waals surface area (Å²) < 4.78 is 7.44. The van der Waals surface area contributed by atoms with Crippen LogP contribution in [0.1, 0.15) is 11.1 Å². The number of rotatable bonds is 2. The zero-order valence-corrected chi connectivity index (χ0v) is 10.5. The molecule has 0 radical (unpaired) electrons. The van der Waals surface area contributed by atoms with Crippen LogP contribution in [0.15, 0.2) is 35.0 Å². The quantitative estimate of drug-likeness (QED) is 0.750. The van der Waals surface area contributed by atoms with Crippen LogP contribution in [-0.2, 0) is 13.6 Å². The third-order valence-electron chi connectivity index (χ3n) is 3.30. The lowest BCUT2D eigenvalue weighted by molar-refractivity contribution is 0.429. The molecule has 2 aromatic heterocycles. The van der Waals surface area contributed by atoms with Crippen molar-refractivity contribution in [1.29, 1.82) is 0 Å². The fourth-order valence-electron chi connectivity index (χ4n) is 2.27. The number of hydrogen-bond acceptors (Lipinski definition) is 3. The Hall–Kier alpha value is -2.07. The van der Waals surface area contributed by atoms with E-state index in [1.165, 1.54) is 16.5 Å². The molecule has 0 saturated carbocycles. The number of aromatic nitrogens is 2. The van der Waals surface area contributed by atoms with E-state index >= 15 is 0 Å². The zero-order valence-electron chi connectivity index (χ0n) is 10.5. The van der Waals surface area contributed by atoms with Crippen LogP contribution >= 0.6 is 0 Å². The average Bonchev–Trinajstić information content (AvgIpc) is 2.94. The lowest BCUT2D eigenvalue weighted by Gasteiger charge is -2.02. The van der Waals surface area contributed by atoms with E-state index in [0.29, 0.717) is 6.54 Å². The lowest BCUT2D eigenvalue weighted by Crippen LogP contribution is -1.98. The van der Waals surface area contributed by atoms with Gasteiger partial charge in [-0.05, 0) is 24.6 Å².